The van der Waals surface area contributed by atoms with Crippen LogP contribution in [-0.4, -0.2) is 54.6 Å². The fraction of sp³-hybridized carbons (Fsp3) is 0.500. The number of carbonyl (C=O) groups is 4. The number of ether oxygens (including phenoxy) is 1. The van der Waals surface area contributed by atoms with Crippen molar-refractivity contribution in [1.82, 2.24) is 10.6 Å². The highest BCUT2D eigenvalue weighted by atomic mass is 16.5. The van der Waals surface area contributed by atoms with Crippen LogP contribution in [0.1, 0.15) is 13.3 Å². The molecule has 0 bridgehead atoms. The third-order valence-electron chi connectivity index (χ3n) is 2.12. The smallest absolute Gasteiger partial charge is 0.330 e. The number of hydrogen-bond donors (Lipinski definition) is 4. The number of rotatable bonds is 9. The molecule has 0 rings (SSSR count). The molecular weight excluding hydrogens is 282 g/mol. The summed E-state index contributed by atoms with van der Waals surface area (Å²) in [5.41, 5.74) is 5.05. The monoisotopic (exact) mass is 301 g/mol. The van der Waals surface area contributed by atoms with E-state index in [9.17, 15) is 19.2 Å². The second kappa shape index (κ2) is 10.4. The molecule has 0 aliphatic carbocycles. The number of amides is 2. The molecule has 0 aromatic heterocycles. The Labute approximate surface area is 121 Å². The van der Waals surface area contributed by atoms with E-state index in [4.69, 9.17) is 10.8 Å². The lowest BCUT2D eigenvalue weighted by atomic mass is 10.2. The molecule has 2 amide bonds. The molecule has 0 radical (unpaired) electrons. The van der Waals surface area contributed by atoms with Gasteiger partial charge in [0.05, 0.1) is 32.2 Å². The van der Waals surface area contributed by atoms with Crippen LogP contribution in [0.4, 0.5) is 0 Å². The summed E-state index contributed by atoms with van der Waals surface area (Å²) in [5, 5.41) is 13.3. The molecule has 0 aliphatic rings. The Kier molecular flexibility index (Phi) is 9.18. The standard InChI is InChI=1S/C12H19N3O6/c1-2-21-12(20)4-3-8(5-11(18)19)15-10(17)7-14-9(16)6-13/h3-4,8H,2,5-7,13H2,1H3,(H,14,16)(H,15,17)(H,18,19)/b4-3+/t8-/m1/s1. The van der Waals surface area contributed by atoms with Crippen molar-refractivity contribution in [2.75, 3.05) is 19.7 Å². The molecule has 9 nitrogen and oxygen atoms in total. The van der Waals surface area contributed by atoms with Gasteiger partial charge in [-0.1, -0.05) is 6.08 Å². The van der Waals surface area contributed by atoms with E-state index < -0.39 is 36.2 Å². The summed E-state index contributed by atoms with van der Waals surface area (Å²) in [6.45, 7) is 1.22. The van der Waals surface area contributed by atoms with Crippen molar-refractivity contribution in [2.45, 2.75) is 19.4 Å². The number of aliphatic carboxylic acids is 1. The summed E-state index contributed by atoms with van der Waals surface area (Å²) in [7, 11) is 0. The van der Waals surface area contributed by atoms with E-state index in [-0.39, 0.29) is 19.7 Å². The average molecular weight is 301 g/mol. The van der Waals surface area contributed by atoms with Crippen molar-refractivity contribution in [1.29, 1.82) is 0 Å². The van der Waals surface area contributed by atoms with Gasteiger partial charge >= 0.3 is 11.9 Å². The summed E-state index contributed by atoms with van der Waals surface area (Å²) in [6.07, 6.45) is 1.84. The van der Waals surface area contributed by atoms with Crippen LogP contribution in [0, 0.1) is 0 Å². The number of carbonyl (C=O) groups excluding carboxylic acids is 3. The van der Waals surface area contributed by atoms with Crippen LogP contribution >= 0.6 is 0 Å². The molecule has 0 aromatic carbocycles. The van der Waals surface area contributed by atoms with E-state index in [0.717, 1.165) is 6.08 Å². The third kappa shape index (κ3) is 10.1. The minimum absolute atomic E-state index is 0.185. The molecule has 0 saturated carbocycles. The van der Waals surface area contributed by atoms with Gasteiger partial charge in [-0.25, -0.2) is 4.79 Å². The van der Waals surface area contributed by atoms with Gasteiger partial charge in [-0.2, -0.15) is 0 Å². The fourth-order valence-electron chi connectivity index (χ4n) is 1.25. The van der Waals surface area contributed by atoms with Crippen LogP contribution in [-0.2, 0) is 23.9 Å². The van der Waals surface area contributed by atoms with Gasteiger partial charge in [-0.15, -0.1) is 0 Å². The van der Waals surface area contributed by atoms with E-state index in [1.165, 1.54) is 6.08 Å². The van der Waals surface area contributed by atoms with Crippen molar-refractivity contribution < 1.29 is 29.0 Å². The Morgan fingerprint density at radius 2 is 1.95 bits per heavy atom. The Hall–Kier alpha value is -2.42. The summed E-state index contributed by atoms with van der Waals surface area (Å²) in [5.74, 6) is -2.91. The molecule has 21 heavy (non-hydrogen) atoms. The van der Waals surface area contributed by atoms with Gasteiger partial charge in [0.25, 0.3) is 0 Å². The zero-order chi connectivity index (χ0) is 16.3. The predicted octanol–water partition coefficient (Wildman–Crippen LogP) is -1.86. The van der Waals surface area contributed by atoms with Crippen molar-refractivity contribution in [2.24, 2.45) is 5.73 Å². The van der Waals surface area contributed by atoms with Crippen LogP contribution in [0.25, 0.3) is 0 Å². The Balaban J connectivity index is 4.47. The summed E-state index contributed by atoms with van der Waals surface area (Å²) in [6, 6.07) is -0.894. The molecular formula is C12H19N3O6. The summed E-state index contributed by atoms with van der Waals surface area (Å²) in [4.78, 5) is 44.2. The first-order valence-corrected chi connectivity index (χ1v) is 6.21. The number of nitrogens with two attached hydrogens (primary N) is 1. The molecule has 0 saturated heterocycles. The number of carboxylic acid groups (broad SMARTS) is 1. The largest absolute Gasteiger partial charge is 0.481 e. The molecule has 0 spiro atoms. The second-order valence-electron chi connectivity index (χ2n) is 3.86. The maximum atomic E-state index is 11.5. The lowest BCUT2D eigenvalue weighted by Crippen LogP contribution is -2.43. The molecule has 118 valence electrons. The van der Waals surface area contributed by atoms with Crippen LogP contribution < -0.4 is 16.4 Å². The minimum atomic E-state index is -1.15. The van der Waals surface area contributed by atoms with Gasteiger partial charge in [0.15, 0.2) is 0 Å². The quantitative estimate of drug-likeness (QED) is 0.288. The van der Waals surface area contributed by atoms with Crippen LogP contribution in [0.15, 0.2) is 12.2 Å². The fourth-order valence-corrected chi connectivity index (χ4v) is 1.25. The number of hydrogen-bond acceptors (Lipinski definition) is 6. The van der Waals surface area contributed by atoms with Gasteiger partial charge < -0.3 is 26.2 Å². The van der Waals surface area contributed by atoms with E-state index in [2.05, 4.69) is 15.4 Å². The van der Waals surface area contributed by atoms with E-state index >= 15 is 0 Å². The van der Waals surface area contributed by atoms with Crippen LogP contribution in [0.5, 0.6) is 0 Å². The Morgan fingerprint density at radius 1 is 1.29 bits per heavy atom. The van der Waals surface area contributed by atoms with Crippen molar-refractivity contribution in [3.05, 3.63) is 12.2 Å². The first-order valence-electron chi connectivity index (χ1n) is 6.21. The van der Waals surface area contributed by atoms with Gasteiger partial charge in [0, 0.05) is 6.08 Å². The summed E-state index contributed by atoms with van der Waals surface area (Å²) < 4.78 is 4.64. The SMILES string of the molecule is CCOC(=O)/C=C/[C@H](CC(=O)O)NC(=O)CNC(=O)CN. The lowest BCUT2D eigenvalue weighted by Gasteiger charge is -2.13. The van der Waals surface area contributed by atoms with Crippen molar-refractivity contribution in [3.63, 3.8) is 0 Å². The molecule has 0 fully saturated rings. The number of esters is 1. The zero-order valence-corrected chi connectivity index (χ0v) is 11.6. The highest BCUT2D eigenvalue weighted by molar-refractivity contribution is 5.86. The van der Waals surface area contributed by atoms with Gasteiger partial charge in [-0.3, -0.25) is 14.4 Å². The lowest BCUT2D eigenvalue weighted by molar-refractivity contribution is -0.138. The van der Waals surface area contributed by atoms with E-state index in [1.54, 1.807) is 6.92 Å². The van der Waals surface area contributed by atoms with Gasteiger partial charge in [0.1, 0.15) is 0 Å². The van der Waals surface area contributed by atoms with Gasteiger partial charge in [0.2, 0.25) is 11.8 Å². The summed E-state index contributed by atoms with van der Waals surface area (Å²) >= 11 is 0. The maximum Gasteiger partial charge on any atom is 0.330 e. The van der Waals surface area contributed by atoms with Crippen molar-refractivity contribution in [3.8, 4) is 0 Å². The van der Waals surface area contributed by atoms with Gasteiger partial charge in [-0.05, 0) is 6.92 Å². The van der Waals surface area contributed by atoms with Crippen LogP contribution in [0.2, 0.25) is 0 Å². The normalized spacial score (nSPS) is 11.7. The molecule has 0 aliphatic heterocycles. The average Bonchev–Trinajstić information content (AvgIpc) is 2.41. The molecule has 9 heteroatoms. The molecule has 0 aromatic rings. The third-order valence-corrected chi connectivity index (χ3v) is 2.12. The number of nitrogens with one attached hydrogen (secondary N) is 2. The Morgan fingerprint density at radius 3 is 2.48 bits per heavy atom. The highest BCUT2D eigenvalue weighted by Gasteiger charge is 2.14. The zero-order valence-electron chi connectivity index (χ0n) is 11.6. The molecule has 0 heterocycles. The number of carboxylic acids is 1. The molecule has 1 atom stereocenters. The maximum absolute atomic E-state index is 11.5. The van der Waals surface area contributed by atoms with E-state index in [0.29, 0.717) is 0 Å². The second-order valence-corrected chi connectivity index (χ2v) is 3.86. The molecule has 5 N–H and O–H groups in total. The molecule has 0 unspecified atom stereocenters. The van der Waals surface area contributed by atoms with Crippen LogP contribution in [0.3, 0.4) is 0 Å². The first kappa shape index (κ1) is 18.6. The van der Waals surface area contributed by atoms with Crippen molar-refractivity contribution >= 4 is 23.8 Å². The van der Waals surface area contributed by atoms with E-state index in [1.807, 2.05) is 0 Å². The first-order chi connectivity index (χ1) is 9.88. The predicted molar refractivity (Wildman–Crippen MR) is 72.0 cm³/mol. The minimum Gasteiger partial charge on any atom is -0.481 e. The Bertz CT molecular complexity index is 421. The highest BCUT2D eigenvalue weighted by Crippen LogP contribution is 1.96. The topological polar surface area (TPSA) is 148 Å².